The van der Waals surface area contributed by atoms with Crippen molar-refractivity contribution in [1.29, 1.82) is 0 Å². The van der Waals surface area contributed by atoms with Gasteiger partial charge in [-0.1, -0.05) is 0 Å². The Labute approximate surface area is 89.8 Å². The van der Waals surface area contributed by atoms with E-state index in [1.165, 1.54) is 0 Å². The van der Waals surface area contributed by atoms with Gasteiger partial charge < -0.3 is 16.4 Å². The molecule has 0 saturated carbocycles. The van der Waals surface area contributed by atoms with E-state index in [9.17, 15) is 9.59 Å². The van der Waals surface area contributed by atoms with Crippen molar-refractivity contribution in [3.05, 3.63) is 0 Å². The predicted octanol–water partition coefficient (Wildman–Crippen LogP) is -0.408. The molecule has 1 unspecified atom stereocenters. The number of unbranched alkanes of at least 4 members (excludes halogenated alkanes) is 1. The minimum atomic E-state index is -0.424. The summed E-state index contributed by atoms with van der Waals surface area (Å²) in [6.45, 7) is 1.27. The van der Waals surface area contributed by atoms with Gasteiger partial charge in [-0.2, -0.15) is 0 Å². The highest BCUT2D eigenvalue weighted by Gasteiger charge is 2.30. The maximum absolute atomic E-state index is 11.4. The van der Waals surface area contributed by atoms with Crippen LogP contribution in [0.4, 0.5) is 0 Å². The molecule has 0 bridgehead atoms. The summed E-state index contributed by atoms with van der Waals surface area (Å²) in [5, 5.41) is 0. The van der Waals surface area contributed by atoms with Crippen molar-refractivity contribution in [1.82, 2.24) is 4.90 Å². The Balaban J connectivity index is 2.49. The van der Waals surface area contributed by atoms with Crippen molar-refractivity contribution in [2.24, 2.45) is 11.5 Å². The van der Waals surface area contributed by atoms with Gasteiger partial charge in [0.1, 0.15) is 6.04 Å². The molecule has 1 heterocycles. The number of hydrogen-bond donors (Lipinski definition) is 2. The molecule has 0 aliphatic carbocycles. The Morgan fingerprint density at radius 3 is 2.67 bits per heavy atom. The van der Waals surface area contributed by atoms with Gasteiger partial charge >= 0.3 is 0 Å². The molecule has 4 N–H and O–H groups in total. The van der Waals surface area contributed by atoms with E-state index in [0.29, 0.717) is 25.9 Å². The molecule has 0 aromatic carbocycles. The summed E-state index contributed by atoms with van der Waals surface area (Å²) in [5.74, 6) is -0.353. The van der Waals surface area contributed by atoms with Crippen LogP contribution in [0.3, 0.4) is 0 Å². The summed E-state index contributed by atoms with van der Waals surface area (Å²) in [5.41, 5.74) is 10.7. The number of nitrogens with zero attached hydrogens (tertiary/aromatic N) is 1. The van der Waals surface area contributed by atoms with E-state index in [1.54, 1.807) is 4.90 Å². The third-order valence-corrected chi connectivity index (χ3v) is 2.75. The normalized spacial score (nSPS) is 18.2. The lowest BCUT2D eigenvalue weighted by Gasteiger charge is -2.24. The monoisotopic (exact) mass is 213 g/mol. The zero-order valence-corrected chi connectivity index (χ0v) is 8.95. The van der Waals surface area contributed by atoms with Crippen LogP contribution in [0.1, 0.15) is 32.1 Å². The van der Waals surface area contributed by atoms with E-state index >= 15 is 0 Å². The largest absolute Gasteiger partial charge is 0.368 e. The first-order chi connectivity index (χ1) is 7.16. The second-order valence-corrected chi connectivity index (χ2v) is 3.89. The van der Waals surface area contributed by atoms with Gasteiger partial charge in [-0.05, 0) is 32.2 Å². The molecule has 5 nitrogen and oxygen atoms in total. The molecule has 2 amide bonds. The first-order valence-corrected chi connectivity index (χ1v) is 5.45. The van der Waals surface area contributed by atoms with Gasteiger partial charge in [0.2, 0.25) is 11.8 Å². The number of carbonyl (C=O) groups excluding carboxylic acids is 2. The average Bonchev–Trinajstić information content (AvgIpc) is 2.59. The Bertz CT molecular complexity index is 243. The van der Waals surface area contributed by atoms with Gasteiger partial charge in [-0.25, -0.2) is 0 Å². The van der Waals surface area contributed by atoms with Gasteiger partial charge in [0.15, 0.2) is 0 Å². The number of rotatable bonds is 6. The molecule has 15 heavy (non-hydrogen) atoms. The van der Waals surface area contributed by atoms with Crippen LogP contribution in [-0.4, -0.2) is 35.8 Å². The topological polar surface area (TPSA) is 89.4 Å². The summed E-state index contributed by atoms with van der Waals surface area (Å²) in [6, 6.07) is -0.424. The zero-order valence-electron chi connectivity index (χ0n) is 8.95. The SMILES string of the molecule is NCCCCC(C(N)=O)N1CCCC1=O. The Morgan fingerprint density at radius 2 is 2.20 bits per heavy atom. The Hall–Kier alpha value is -1.10. The van der Waals surface area contributed by atoms with Gasteiger partial charge in [-0.15, -0.1) is 0 Å². The molecule has 1 rings (SSSR count). The fourth-order valence-electron chi connectivity index (χ4n) is 1.93. The molecule has 1 aliphatic heterocycles. The minimum Gasteiger partial charge on any atom is -0.368 e. The second-order valence-electron chi connectivity index (χ2n) is 3.89. The van der Waals surface area contributed by atoms with Crippen LogP contribution in [0.25, 0.3) is 0 Å². The predicted molar refractivity (Wildman–Crippen MR) is 56.8 cm³/mol. The van der Waals surface area contributed by atoms with E-state index in [0.717, 1.165) is 19.3 Å². The summed E-state index contributed by atoms with van der Waals surface area (Å²) < 4.78 is 0. The lowest BCUT2D eigenvalue weighted by Crippen LogP contribution is -2.45. The zero-order chi connectivity index (χ0) is 11.3. The van der Waals surface area contributed by atoms with E-state index in [2.05, 4.69) is 0 Å². The van der Waals surface area contributed by atoms with Gasteiger partial charge in [0.05, 0.1) is 0 Å². The number of carbonyl (C=O) groups is 2. The molecule has 0 radical (unpaired) electrons. The first kappa shape index (κ1) is 12.0. The van der Waals surface area contributed by atoms with Gasteiger partial charge in [0, 0.05) is 13.0 Å². The van der Waals surface area contributed by atoms with Crippen molar-refractivity contribution in [2.45, 2.75) is 38.1 Å². The summed E-state index contributed by atoms with van der Waals surface area (Å²) in [6.07, 6.45) is 3.72. The molecular formula is C10H19N3O2. The van der Waals surface area contributed by atoms with E-state index in [1.807, 2.05) is 0 Å². The summed E-state index contributed by atoms with van der Waals surface area (Å²) in [4.78, 5) is 24.3. The third kappa shape index (κ3) is 3.20. The Kier molecular flexibility index (Phi) is 4.55. The van der Waals surface area contributed by atoms with Crippen LogP contribution in [-0.2, 0) is 9.59 Å². The second kappa shape index (κ2) is 5.70. The highest BCUT2D eigenvalue weighted by Crippen LogP contribution is 2.17. The smallest absolute Gasteiger partial charge is 0.240 e. The Morgan fingerprint density at radius 1 is 1.47 bits per heavy atom. The van der Waals surface area contributed by atoms with Crippen molar-refractivity contribution in [3.8, 4) is 0 Å². The molecule has 1 atom stereocenters. The van der Waals surface area contributed by atoms with E-state index in [-0.39, 0.29) is 5.91 Å². The number of nitrogens with two attached hydrogens (primary N) is 2. The van der Waals surface area contributed by atoms with E-state index in [4.69, 9.17) is 11.5 Å². The van der Waals surface area contributed by atoms with Crippen molar-refractivity contribution in [2.75, 3.05) is 13.1 Å². The molecular weight excluding hydrogens is 194 g/mol. The molecule has 0 spiro atoms. The fraction of sp³-hybridized carbons (Fsp3) is 0.800. The van der Waals surface area contributed by atoms with Crippen LogP contribution in [0.2, 0.25) is 0 Å². The summed E-state index contributed by atoms with van der Waals surface area (Å²) >= 11 is 0. The highest BCUT2D eigenvalue weighted by atomic mass is 16.2. The molecule has 5 heteroatoms. The van der Waals surface area contributed by atoms with Gasteiger partial charge in [0.25, 0.3) is 0 Å². The maximum atomic E-state index is 11.4. The molecule has 0 aromatic rings. The molecule has 86 valence electrons. The fourth-order valence-corrected chi connectivity index (χ4v) is 1.93. The van der Waals surface area contributed by atoms with Gasteiger partial charge in [-0.3, -0.25) is 9.59 Å². The standard InChI is InChI=1S/C10H19N3O2/c11-6-2-1-4-8(10(12)15)13-7-3-5-9(13)14/h8H,1-7,11H2,(H2,12,15). The first-order valence-electron chi connectivity index (χ1n) is 5.45. The number of primary amides is 1. The van der Waals surface area contributed by atoms with Crippen LogP contribution in [0.15, 0.2) is 0 Å². The van der Waals surface area contributed by atoms with Crippen LogP contribution in [0, 0.1) is 0 Å². The molecule has 1 aliphatic rings. The number of hydrogen-bond acceptors (Lipinski definition) is 3. The lowest BCUT2D eigenvalue weighted by atomic mass is 10.1. The summed E-state index contributed by atoms with van der Waals surface area (Å²) in [7, 11) is 0. The molecule has 1 saturated heterocycles. The number of amides is 2. The quantitative estimate of drug-likeness (QED) is 0.588. The van der Waals surface area contributed by atoms with Crippen molar-refractivity contribution in [3.63, 3.8) is 0 Å². The molecule has 1 fully saturated rings. The minimum absolute atomic E-state index is 0.0477. The van der Waals surface area contributed by atoms with Crippen LogP contribution in [0.5, 0.6) is 0 Å². The highest BCUT2D eigenvalue weighted by molar-refractivity contribution is 5.87. The average molecular weight is 213 g/mol. The van der Waals surface area contributed by atoms with E-state index < -0.39 is 11.9 Å². The lowest BCUT2D eigenvalue weighted by molar-refractivity contribution is -0.136. The number of likely N-dealkylation sites (tertiary alicyclic amines) is 1. The third-order valence-electron chi connectivity index (χ3n) is 2.75. The maximum Gasteiger partial charge on any atom is 0.240 e. The van der Waals surface area contributed by atoms with Crippen LogP contribution >= 0.6 is 0 Å². The van der Waals surface area contributed by atoms with Crippen LogP contribution < -0.4 is 11.5 Å². The van der Waals surface area contributed by atoms with Crippen molar-refractivity contribution >= 4 is 11.8 Å². The van der Waals surface area contributed by atoms with Crippen molar-refractivity contribution < 1.29 is 9.59 Å². The molecule has 0 aromatic heterocycles.